The summed E-state index contributed by atoms with van der Waals surface area (Å²) in [6.45, 7) is 0.676. The lowest BCUT2D eigenvalue weighted by molar-refractivity contribution is -0.761. The zero-order chi connectivity index (χ0) is 8.48. The van der Waals surface area contributed by atoms with E-state index >= 15 is 0 Å². The zero-order valence-corrected chi connectivity index (χ0v) is 6.12. The van der Waals surface area contributed by atoms with E-state index < -0.39 is 16.6 Å². The fourth-order valence-corrected chi connectivity index (χ4v) is 1.38. The van der Waals surface area contributed by atoms with E-state index in [0.29, 0.717) is 13.1 Å². The third-order valence-electron chi connectivity index (χ3n) is 2.12. The van der Waals surface area contributed by atoms with Crippen LogP contribution in [-0.2, 0) is 0 Å². The Morgan fingerprint density at radius 2 is 1.73 bits per heavy atom. The highest BCUT2D eigenvalue weighted by atomic mass is 16.4. The summed E-state index contributed by atoms with van der Waals surface area (Å²) in [5.74, 6) is 0. The van der Waals surface area contributed by atoms with E-state index in [1.165, 1.54) is 0 Å². The average molecular weight is 159 g/mol. The number of rotatable bonds is 0. The summed E-state index contributed by atoms with van der Waals surface area (Å²) in [6.07, 6.45) is 0.389. The molecule has 0 atom stereocenters. The van der Waals surface area contributed by atoms with E-state index in [9.17, 15) is 9.59 Å². The second-order valence-corrected chi connectivity index (χ2v) is 2.74. The number of carbonyl (C=O) groups is 2. The Hall–Kier alpha value is -1.10. The van der Waals surface area contributed by atoms with Gasteiger partial charge in [-0.05, 0) is 0 Å². The van der Waals surface area contributed by atoms with Crippen molar-refractivity contribution in [3.05, 3.63) is 0 Å². The topological polar surface area (TPSA) is 80.4 Å². The predicted molar refractivity (Wildman–Crippen MR) is 36.8 cm³/mol. The number of imide groups is 1. The second-order valence-electron chi connectivity index (χ2n) is 2.74. The largest absolute Gasteiger partial charge is 0.522 e. The molecule has 1 saturated heterocycles. The Morgan fingerprint density at radius 3 is 1.91 bits per heavy atom. The molecule has 3 N–H and O–H groups in total. The van der Waals surface area contributed by atoms with Crippen molar-refractivity contribution in [2.24, 2.45) is 5.73 Å². The normalized spacial score (nSPS) is 21.5. The van der Waals surface area contributed by atoms with Gasteiger partial charge in [0, 0.05) is 12.8 Å². The molecular formula is C6H11N2O3+. The van der Waals surface area contributed by atoms with Crippen LogP contribution in [0.2, 0.25) is 0 Å². The van der Waals surface area contributed by atoms with E-state index in [1.54, 1.807) is 0 Å². The van der Waals surface area contributed by atoms with E-state index in [4.69, 9.17) is 10.8 Å². The van der Waals surface area contributed by atoms with E-state index in [0.717, 1.165) is 12.8 Å². The van der Waals surface area contributed by atoms with Crippen LogP contribution < -0.4 is 5.73 Å². The summed E-state index contributed by atoms with van der Waals surface area (Å²) in [7, 11) is 0. The van der Waals surface area contributed by atoms with Gasteiger partial charge in [0.05, 0.1) is 13.1 Å². The minimum absolute atomic E-state index is 0.338. The third kappa shape index (κ3) is 1.07. The lowest BCUT2D eigenvalue weighted by Gasteiger charge is -2.21. The summed E-state index contributed by atoms with van der Waals surface area (Å²) < 4.78 is -0.583. The molecule has 1 aliphatic rings. The first-order valence-electron chi connectivity index (χ1n) is 3.50. The van der Waals surface area contributed by atoms with Crippen LogP contribution in [0.15, 0.2) is 0 Å². The maximum atomic E-state index is 10.8. The molecule has 0 aromatic rings. The minimum Gasteiger partial charge on any atom is -0.435 e. The van der Waals surface area contributed by atoms with Crippen LogP contribution in [0.4, 0.5) is 9.59 Å². The molecule has 62 valence electrons. The Morgan fingerprint density at radius 1 is 1.27 bits per heavy atom. The van der Waals surface area contributed by atoms with Crippen LogP contribution in [0.3, 0.4) is 0 Å². The molecule has 0 aromatic carbocycles. The number of carbonyl (C=O) groups excluding carboxylic acids is 1. The van der Waals surface area contributed by atoms with Gasteiger partial charge in [-0.3, -0.25) is 0 Å². The molecule has 0 radical (unpaired) electrons. The SMILES string of the molecule is NC(=O)[N+]1(C(=O)O)CCCC1. The Labute approximate surface area is 64.0 Å². The van der Waals surface area contributed by atoms with Crippen LogP contribution in [0.5, 0.6) is 0 Å². The van der Waals surface area contributed by atoms with Crippen molar-refractivity contribution in [3.63, 3.8) is 0 Å². The lowest BCUT2D eigenvalue weighted by atomic mass is 10.4. The number of hydrogen-bond acceptors (Lipinski definition) is 2. The highest BCUT2D eigenvalue weighted by Crippen LogP contribution is 2.19. The number of urea groups is 1. The van der Waals surface area contributed by atoms with Crippen LogP contribution in [0.1, 0.15) is 12.8 Å². The summed E-state index contributed by atoms with van der Waals surface area (Å²) >= 11 is 0. The van der Waals surface area contributed by atoms with Crippen LogP contribution >= 0.6 is 0 Å². The summed E-state index contributed by atoms with van der Waals surface area (Å²) in [5, 5.41) is 8.71. The van der Waals surface area contributed by atoms with Crippen molar-refractivity contribution in [1.29, 1.82) is 0 Å². The molecule has 0 unspecified atom stereocenters. The first kappa shape index (κ1) is 8.00. The molecule has 3 amide bonds. The van der Waals surface area contributed by atoms with E-state index in [1.807, 2.05) is 0 Å². The molecule has 1 fully saturated rings. The molecule has 0 spiro atoms. The van der Waals surface area contributed by atoms with Gasteiger partial charge in [-0.15, -0.1) is 4.48 Å². The minimum atomic E-state index is -1.13. The number of hydrogen-bond donors (Lipinski definition) is 2. The second kappa shape index (κ2) is 2.50. The van der Waals surface area contributed by atoms with Gasteiger partial charge in [0.25, 0.3) is 0 Å². The first-order valence-corrected chi connectivity index (χ1v) is 3.50. The van der Waals surface area contributed by atoms with Gasteiger partial charge in [-0.1, -0.05) is 0 Å². The number of carboxylic acid groups (broad SMARTS) is 1. The van der Waals surface area contributed by atoms with Gasteiger partial charge in [0.2, 0.25) is 0 Å². The number of nitrogens with two attached hydrogens (primary N) is 1. The van der Waals surface area contributed by atoms with Gasteiger partial charge >= 0.3 is 12.1 Å². The summed E-state index contributed by atoms with van der Waals surface area (Å²) in [5.41, 5.74) is 4.99. The summed E-state index contributed by atoms with van der Waals surface area (Å²) in [4.78, 5) is 21.4. The van der Waals surface area contributed by atoms with Gasteiger partial charge in [0.15, 0.2) is 0 Å². The smallest absolute Gasteiger partial charge is 0.435 e. The van der Waals surface area contributed by atoms with Gasteiger partial charge in [-0.2, -0.15) is 4.79 Å². The van der Waals surface area contributed by atoms with E-state index in [-0.39, 0.29) is 0 Å². The van der Waals surface area contributed by atoms with Gasteiger partial charge in [0.1, 0.15) is 0 Å². The van der Waals surface area contributed by atoms with Gasteiger partial charge in [-0.25, -0.2) is 4.79 Å². The van der Waals surface area contributed by atoms with Crippen molar-refractivity contribution < 1.29 is 19.2 Å². The third-order valence-corrected chi connectivity index (χ3v) is 2.12. The monoisotopic (exact) mass is 159 g/mol. The van der Waals surface area contributed by atoms with Crippen molar-refractivity contribution in [2.45, 2.75) is 12.8 Å². The zero-order valence-electron chi connectivity index (χ0n) is 6.12. The molecule has 0 aromatic heterocycles. The maximum Gasteiger partial charge on any atom is 0.522 e. The molecule has 1 heterocycles. The quantitative estimate of drug-likeness (QED) is 0.500. The van der Waals surface area contributed by atoms with Crippen LogP contribution in [0.25, 0.3) is 0 Å². The van der Waals surface area contributed by atoms with Crippen molar-refractivity contribution in [3.8, 4) is 0 Å². The van der Waals surface area contributed by atoms with Crippen molar-refractivity contribution in [2.75, 3.05) is 13.1 Å². The number of quaternary nitrogens is 1. The molecule has 1 rings (SSSR count). The molecule has 5 heteroatoms. The Kier molecular flexibility index (Phi) is 1.82. The number of primary amides is 1. The maximum absolute atomic E-state index is 10.8. The molecule has 0 aliphatic carbocycles. The fraction of sp³-hybridized carbons (Fsp3) is 0.667. The molecular weight excluding hydrogens is 148 g/mol. The van der Waals surface area contributed by atoms with E-state index in [2.05, 4.69) is 0 Å². The van der Waals surface area contributed by atoms with Crippen LogP contribution in [-0.4, -0.2) is 34.8 Å². The highest BCUT2D eigenvalue weighted by molar-refractivity contribution is 5.77. The predicted octanol–water partition coefficient (Wildman–Crippen LogP) is 0.354. The fourth-order valence-electron chi connectivity index (χ4n) is 1.38. The number of nitrogens with zero attached hydrogens (tertiary/aromatic N) is 1. The van der Waals surface area contributed by atoms with Gasteiger partial charge < -0.3 is 10.8 Å². The highest BCUT2D eigenvalue weighted by Gasteiger charge is 2.46. The Bertz CT molecular complexity index is 180. The molecule has 0 saturated carbocycles. The molecule has 0 bridgehead atoms. The molecule has 1 aliphatic heterocycles. The van der Waals surface area contributed by atoms with Crippen LogP contribution in [0, 0.1) is 0 Å². The summed E-state index contributed by atoms with van der Waals surface area (Å²) in [6, 6.07) is -0.755. The Balaban J connectivity index is 2.87. The number of amides is 3. The average Bonchev–Trinajstić information content (AvgIpc) is 2.34. The lowest BCUT2D eigenvalue weighted by Crippen LogP contribution is -2.56. The number of likely N-dealkylation sites (tertiary alicyclic amines) is 1. The molecule has 5 nitrogen and oxygen atoms in total. The van der Waals surface area contributed by atoms with Crippen molar-refractivity contribution >= 4 is 12.1 Å². The standard InChI is InChI=1S/C6H10N2O3/c7-5(9)8(6(10)11)3-1-2-4-8/h1-4H2,(H2-,7,9,10,11)/p+1. The first-order chi connectivity index (χ1) is 5.09. The van der Waals surface area contributed by atoms with Crippen molar-refractivity contribution in [1.82, 2.24) is 0 Å². The molecule has 11 heavy (non-hydrogen) atoms.